The number of ketones is 1. The quantitative estimate of drug-likeness (QED) is 0.623. The van der Waals surface area contributed by atoms with Gasteiger partial charge in [0.05, 0.1) is 12.6 Å². The first-order chi connectivity index (χ1) is 12.5. The number of aromatic nitrogens is 3. The van der Waals surface area contributed by atoms with Crippen LogP contribution in [0.2, 0.25) is 0 Å². The van der Waals surface area contributed by atoms with Gasteiger partial charge in [-0.2, -0.15) is 0 Å². The van der Waals surface area contributed by atoms with Crippen molar-refractivity contribution >= 4 is 5.78 Å². The van der Waals surface area contributed by atoms with E-state index in [0.717, 1.165) is 29.2 Å². The number of nitrogens with zero attached hydrogens (tertiary/aromatic N) is 3. The van der Waals surface area contributed by atoms with Crippen molar-refractivity contribution in [2.75, 3.05) is 0 Å². The number of aryl methyl sites for hydroxylation is 3. The Morgan fingerprint density at radius 2 is 1.77 bits per heavy atom. The number of rotatable bonds is 6. The van der Waals surface area contributed by atoms with Gasteiger partial charge in [0.2, 0.25) is 0 Å². The van der Waals surface area contributed by atoms with E-state index in [1.165, 1.54) is 0 Å². The van der Waals surface area contributed by atoms with Crippen molar-refractivity contribution in [2.24, 2.45) is 0 Å². The molecule has 0 aliphatic rings. The second-order valence-electron chi connectivity index (χ2n) is 6.14. The van der Waals surface area contributed by atoms with Crippen LogP contribution in [0.25, 0.3) is 0 Å². The first-order valence-corrected chi connectivity index (χ1v) is 8.60. The van der Waals surface area contributed by atoms with Crippen molar-refractivity contribution < 1.29 is 9.53 Å². The smallest absolute Gasteiger partial charge is 0.187 e. The van der Waals surface area contributed by atoms with Gasteiger partial charge in [-0.15, -0.1) is 0 Å². The normalized spacial score (nSPS) is 10.6. The summed E-state index contributed by atoms with van der Waals surface area (Å²) < 4.78 is 5.82. The Balaban J connectivity index is 1.79. The average molecular weight is 347 g/mol. The number of hydrogen-bond donors (Lipinski definition) is 0. The molecule has 0 aliphatic carbocycles. The molecule has 3 aromatic heterocycles. The van der Waals surface area contributed by atoms with Gasteiger partial charge < -0.3 is 4.74 Å². The molecule has 0 unspecified atom stereocenters. The van der Waals surface area contributed by atoms with Crippen LogP contribution in [0.1, 0.15) is 40.2 Å². The van der Waals surface area contributed by atoms with Crippen LogP contribution in [0, 0.1) is 13.8 Å². The van der Waals surface area contributed by atoms with Gasteiger partial charge in [-0.3, -0.25) is 14.8 Å². The second kappa shape index (κ2) is 7.87. The van der Waals surface area contributed by atoms with Crippen LogP contribution in [-0.4, -0.2) is 20.7 Å². The van der Waals surface area contributed by atoms with E-state index in [2.05, 4.69) is 15.0 Å². The van der Waals surface area contributed by atoms with E-state index in [0.29, 0.717) is 17.2 Å². The SMILES string of the molecule is CCc1cccc(CC(=O)c2cc(Oc3ccc(C)nc3)cc(C)n2)n1. The zero-order chi connectivity index (χ0) is 18.5. The summed E-state index contributed by atoms with van der Waals surface area (Å²) in [5, 5.41) is 0. The summed E-state index contributed by atoms with van der Waals surface area (Å²) in [5.41, 5.74) is 3.75. The van der Waals surface area contributed by atoms with Crippen molar-refractivity contribution in [2.45, 2.75) is 33.6 Å². The molecular weight excluding hydrogens is 326 g/mol. The van der Waals surface area contributed by atoms with Gasteiger partial charge in [-0.25, -0.2) is 4.98 Å². The standard InChI is InChI=1S/C21H21N3O2/c1-4-16-6-5-7-17(24-16)11-21(25)20-12-19(10-15(3)23-20)26-18-9-8-14(2)22-13-18/h5-10,12-13H,4,11H2,1-3H3. The molecular formula is C21H21N3O2. The molecule has 0 saturated heterocycles. The fourth-order valence-corrected chi connectivity index (χ4v) is 2.57. The van der Waals surface area contributed by atoms with Crippen molar-refractivity contribution in [3.05, 3.63) is 77.1 Å². The number of hydrogen-bond acceptors (Lipinski definition) is 5. The molecule has 26 heavy (non-hydrogen) atoms. The molecule has 0 radical (unpaired) electrons. The minimum absolute atomic E-state index is 0.0821. The maximum absolute atomic E-state index is 12.6. The minimum atomic E-state index is -0.0821. The molecule has 0 aliphatic heterocycles. The summed E-state index contributed by atoms with van der Waals surface area (Å²) in [6.07, 6.45) is 2.72. The van der Waals surface area contributed by atoms with E-state index in [-0.39, 0.29) is 12.2 Å². The summed E-state index contributed by atoms with van der Waals surface area (Å²) in [4.78, 5) is 25.7. The first-order valence-electron chi connectivity index (χ1n) is 8.60. The molecule has 0 bridgehead atoms. The Hall–Kier alpha value is -3.08. The molecule has 5 heteroatoms. The van der Waals surface area contributed by atoms with Crippen molar-refractivity contribution in [1.82, 2.24) is 15.0 Å². The maximum Gasteiger partial charge on any atom is 0.187 e. The predicted molar refractivity (Wildman–Crippen MR) is 99.7 cm³/mol. The Bertz CT molecular complexity index is 921. The van der Waals surface area contributed by atoms with E-state index in [4.69, 9.17) is 4.74 Å². The van der Waals surface area contributed by atoms with Crippen LogP contribution in [-0.2, 0) is 12.8 Å². The van der Waals surface area contributed by atoms with Gasteiger partial charge in [0, 0.05) is 34.9 Å². The minimum Gasteiger partial charge on any atom is -0.456 e. The van der Waals surface area contributed by atoms with Crippen LogP contribution in [0.5, 0.6) is 11.5 Å². The highest BCUT2D eigenvalue weighted by Gasteiger charge is 2.13. The van der Waals surface area contributed by atoms with Crippen molar-refractivity contribution in [3.63, 3.8) is 0 Å². The zero-order valence-corrected chi connectivity index (χ0v) is 15.2. The Labute approximate surface area is 153 Å². The van der Waals surface area contributed by atoms with Gasteiger partial charge in [0.15, 0.2) is 5.78 Å². The second-order valence-corrected chi connectivity index (χ2v) is 6.14. The van der Waals surface area contributed by atoms with Crippen LogP contribution in [0.3, 0.4) is 0 Å². The van der Waals surface area contributed by atoms with Gasteiger partial charge in [0.25, 0.3) is 0 Å². The van der Waals surface area contributed by atoms with E-state index in [1.54, 1.807) is 18.3 Å². The number of ether oxygens (including phenoxy) is 1. The Morgan fingerprint density at radius 3 is 2.50 bits per heavy atom. The zero-order valence-electron chi connectivity index (χ0n) is 15.2. The van der Waals surface area contributed by atoms with E-state index in [9.17, 15) is 4.79 Å². The summed E-state index contributed by atoms with van der Waals surface area (Å²) in [6.45, 7) is 5.80. The summed E-state index contributed by atoms with van der Waals surface area (Å²) in [6, 6.07) is 12.9. The molecule has 0 aromatic carbocycles. The monoisotopic (exact) mass is 347 g/mol. The van der Waals surface area contributed by atoms with Crippen molar-refractivity contribution in [3.8, 4) is 11.5 Å². The molecule has 0 saturated carbocycles. The highest BCUT2D eigenvalue weighted by molar-refractivity contribution is 5.95. The summed E-state index contributed by atoms with van der Waals surface area (Å²) in [7, 11) is 0. The lowest BCUT2D eigenvalue weighted by Crippen LogP contribution is -2.09. The molecule has 0 spiro atoms. The first kappa shape index (κ1) is 17.7. The molecule has 0 amide bonds. The molecule has 0 atom stereocenters. The summed E-state index contributed by atoms with van der Waals surface area (Å²) in [5.74, 6) is 1.11. The molecule has 3 rings (SSSR count). The van der Waals surface area contributed by atoms with Gasteiger partial charge >= 0.3 is 0 Å². The van der Waals surface area contributed by atoms with Crippen molar-refractivity contribution in [1.29, 1.82) is 0 Å². The van der Waals surface area contributed by atoms with Crippen LogP contribution in [0.15, 0.2) is 48.7 Å². The third kappa shape index (κ3) is 4.51. The summed E-state index contributed by atoms with van der Waals surface area (Å²) >= 11 is 0. The molecule has 132 valence electrons. The molecule has 3 heterocycles. The largest absolute Gasteiger partial charge is 0.456 e. The lowest BCUT2D eigenvalue weighted by Gasteiger charge is -2.09. The fraction of sp³-hybridized carbons (Fsp3) is 0.238. The lowest BCUT2D eigenvalue weighted by atomic mass is 10.1. The highest BCUT2D eigenvalue weighted by atomic mass is 16.5. The molecule has 0 N–H and O–H groups in total. The Kier molecular flexibility index (Phi) is 5.37. The number of carbonyl (C=O) groups excluding carboxylic acids is 1. The fourth-order valence-electron chi connectivity index (χ4n) is 2.57. The molecule has 0 fully saturated rings. The van der Waals surface area contributed by atoms with Crippen LogP contribution >= 0.6 is 0 Å². The van der Waals surface area contributed by atoms with Gasteiger partial charge in [0.1, 0.15) is 17.2 Å². The third-order valence-corrected chi connectivity index (χ3v) is 3.90. The van der Waals surface area contributed by atoms with Crippen LogP contribution in [0.4, 0.5) is 0 Å². The highest BCUT2D eigenvalue weighted by Crippen LogP contribution is 2.22. The topological polar surface area (TPSA) is 65.0 Å². The molecule has 3 aromatic rings. The maximum atomic E-state index is 12.6. The number of Topliss-reactive ketones (excluding diaryl/α,β-unsaturated/α-hetero) is 1. The lowest BCUT2D eigenvalue weighted by molar-refractivity contribution is 0.0986. The molecule has 5 nitrogen and oxygen atoms in total. The van der Waals surface area contributed by atoms with Crippen LogP contribution < -0.4 is 4.74 Å². The van der Waals surface area contributed by atoms with Gasteiger partial charge in [-0.05, 0) is 44.5 Å². The third-order valence-electron chi connectivity index (χ3n) is 3.90. The van der Waals surface area contributed by atoms with E-state index in [1.807, 2.05) is 51.1 Å². The van der Waals surface area contributed by atoms with Gasteiger partial charge in [-0.1, -0.05) is 13.0 Å². The predicted octanol–water partition coefficient (Wildman–Crippen LogP) is 4.27. The van der Waals surface area contributed by atoms with E-state index >= 15 is 0 Å². The average Bonchev–Trinajstić information content (AvgIpc) is 2.63. The van der Waals surface area contributed by atoms with E-state index < -0.39 is 0 Å². The number of carbonyl (C=O) groups is 1. The Morgan fingerprint density at radius 1 is 0.962 bits per heavy atom. The number of pyridine rings is 3.